The van der Waals surface area contributed by atoms with E-state index in [1.807, 2.05) is 52.0 Å². The van der Waals surface area contributed by atoms with E-state index < -0.39 is 12.1 Å². The summed E-state index contributed by atoms with van der Waals surface area (Å²) in [5, 5.41) is 11.7. The number of benzene rings is 2. The molecule has 0 unspecified atom stereocenters. The van der Waals surface area contributed by atoms with Crippen LogP contribution in [0.15, 0.2) is 73.6 Å². The minimum Gasteiger partial charge on any atom is -0.354 e. The standard InChI is InChI=1S/C38H50N8O4/c1-25(2)33(45-35(47)29-15-11-27(12-16-29)31-21-39-23-43-31)37(49)41-19-9-7-5-6-8-10-20-42-38(50)34(26(3)4)46-36(48)30-17-13-28(14-18-30)32-22-40-24-44-32/h11-18,21-26,33-34H,5-10,19-20H2,1-4H3,(H,39,43)(H,40,44)(H,41,49)(H,42,50)(H,45,47)(H,46,48)/t33-,34-/m0/s1. The van der Waals surface area contributed by atoms with Gasteiger partial charge in [0.15, 0.2) is 0 Å². The molecule has 6 N–H and O–H groups in total. The van der Waals surface area contributed by atoms with Gasteiger partial charge in [-0.1, -0.05) is 77.6 Å². The minimum atomic E-state index is -0.631. The lowest BCUT2D eigenvalue weighted by Crippen LogP contribution is -2.49. The fourth-order valence-corrected chi connectivity index (χ4v) is 5.55. The summed E-state index contributed by atoms with van der Waals surface area (Å²) in [5.74, 6) is -1.08. The van der Waals surface area contributed by atoms with Gasteiger partial charge in [0.05, 0.1) is 36.4 Å². The molecule has 0 saturated heterocycles. The number of imidazole rings is 2. The number of aromatic amines is 2. The van der Waals surface area contributed by atoms with Gasteiger partial charge in [0.25, 0.3) is 11.8 Å². The molecule has 0 spiro atoms. The number of hydrogen-bond donors (Lipinski definition) is 6. The third-order valence-corrected chi connectivity index (χ3v) is 8.59. The first-order valence-corrected chi connectivity index (χ1v) is 17.5. The van der Waals surface area contributed by atoms with Crippen LogP contribution in [-0.4, -0.2) is 68.7 Å². The quantitative estimate of drug-likeness (QED) is 0.0737. The van der Waals surface area contributed by atoms with E-state index >= 15 is 0 Å². The number of aromatic nitrogens is 4. The number of rotatable bonds is 19. The summed E-state index contributed by atoms with van der Waals surface area (Å²) in [6, 6.07) is 13.1. The van der Waals surface area contributed by atoms with E-state index in [4.69, 9.17) is 0 Å². The van der Waals surface area contributed by atoms with Crippen molar-refractivity contribution in [1.29, 1.82) is 0 Å². The number of hydrogen-bond acceptors (Lipinski definition) is 6. The molecule has 2 aromatic heterocycles. The van der Waals surface area contributed by atoms with Crippen LogP contribution in [0.1, 0.15) is 86.9 Å². The van der Waals surface area contributed by atoms with Crippen LogP contribution in [-0.2, 0) is 9.59 Å². The molecule has 0 aliphatic heterocycles. The zero-order chi connectivity index (χ0) is 35.9. The fraction of sp³-hybridized carbons (Fsp3) is 0.421. The largest absolute Gasteiger partial charge is 0.354 e. The lowest BCUT2D eigenvalue weighted by atomic mass is 10.0. The zero-order valence-electron chi connectivity index (χ0n) is 29.4. The maximum Gasteiger partial charge on any atom is 0.251 e. The molecule has 0 radical (unpaired) electrons. The molecule has 0 fully saturated rings. The van der Waals surface area contributed by atoms with Gasteiger partial charge in [0, 0.05) is 24.2 Å². The molecule has 12 nitrogen and oxygen atoms in total. The highest BCUT2D eigenvalue weighted by Gasteiger charge is 2.25. The van der Waals surface area contributed by atoms with Crippen molar-refractivity contribution in [2.45, 2.75) is 78.3 Å². The molecule has 0 aliphatic rings. The maximum absolute atomic E-state index is 12.9. The summed E-state index contributed by atoms with van der Waals surface area (Å²) >= 11 is 0. The third kappa shape index (κ3) is 11.1. The second-order valence-corrected chi connectivity index (χ2v) is 13.2. The molecule has 50 heavy (non-hydrogen) atoms. The Balaban J connectivity index is 1.07. The van der Waals surface area contributed by atoms with Gasteiger partial charge in [-0.3, -0.25) is 19.2 Å². The van der Waals surface area contributed by atoms with Crippen LogP contribution < -0.4 is 21.3 Å². The molecule has 4 aromatic rings. The van der Waals surface area contributed by atoms with E-state index in [0.29, 0.717) is 24.2 Å². The van der Waals surface area contributed by atoms with E-state index in [1.165, 1.54) is 0 Å². The van der Waals surface area contributed by atoms with Gasteiger partial charge >= 0.3 is 0 Å². The highest BCUT2D eigenvalue weighted by Crippen LogP contribution is 2.18. The molecule has 0 saturated carbocycles. The summed E-state index contributed by atoms with van der Waals surface area (Å²) in [5.41, 5.74) is 4.55. The molecule has 2 heterocycles. The van der Waals surface area contributed by atoms with Gasteiger partial charge in [-0.25, -0.2) is 9.97 Å². The minimum absolute atomic E-state index is 0.0680. The van der Waals surface area contributed by atoms with Crippen LogP contribution in [0.25, 0.3) is 22.5 Å². The number of nitrogens with one attached hydrogen (secondary N) is 6. The lowest BCUT2D eigenvalue weighted by molar-refractivity contribution is -0.124. The van der Waals surface area contributed by atoms with Gasteiger partial charge < -0.3 is 31.2 Å². The third-order valence-electron chi connectivity index (χ3n) is 8.59. The Hall–Kier alpha value is -5.26. The van der Waals surface area contributed by atoms with Crippen molar-refractivity contribution in [2.75, 3.05) is 13.1 Å². The van der Waals surface area contributed by atoms with Crippen molar-refractivity contribution in [3.8, 4) is 22.5 Å². The Morgan fingerprint density at radius 1 is 0.560 bits per heavy atom. The van der Waals surface area contributed by atoms with Crippen molar-refractivity contribution >= 4 is 23.6 Å². The number of nitrogens with zero attached hydrogens (tertiary/aromatic N) is 2. The first kappa shape index (κ1) is 37.6. The molecule has 0 aliphatic carbocycles. The topological polar surface area (TPSA) is 174 Å². The van der Waals surface area contributed by atoms with Crippen LogP contribution in [0.3, 0.4) is 0 Å². The van der Waals surface area contributed by atoms with Gasteiger partial charge in [-0.2, -0.15) is 0 Å². The number of carbonyl (C=O) groups excluding carboxylic acids is 4. The zero-order valence-corrected chi connectivity index (χ0v) is 29.4. The lowest BCUT2D eigenvalue weighted by Gasteiger charge is -2.22. The SMILES string of the molecule is CC(C)[C@H](NC(=O)c1ccc(-c2cnc[nH]2)cc1)C(=O)NCCCCCCCCNC(=O)[C@@H](NC(=O)c1ccc(-c2cnc[nH]2)cc1)C(C)C. The summed E-state index contributed by atoms with van der Waals surface area (Å²) in [7, 11) is 0. The van der Waals surface area contributed by atoms with Crippen LogP contribution >= 0.6 is 0 Å². The second-order valence-electron chi connectivity index (χ2n) is 13.2. The van der Waals surface area contributed by atoms with E-state index in [1.54, 1.807) is 49.3 Å². The molecule has 0 bridgehead atoms. The number of H-pyrrole nitrogens is 2. The van der Waals surface area contributed by atoms with E-state index in [2.05, 4.69) is 41.2 Å². The molecule has 2 aromatic carbocycles. The molecule has 4 amide bonds. The molecule has 266 valence electrons. The van der Waals surface area contributed by atoms with E-state index in [9.17, 15) is 19.2 Å². The van der Waals surface area contributed by atoms with Crippen LogP contribution in [0.5, 0.6) is 0 Å². The monoisotopic (exact) mass is 682 g/mol. The number of unbranched alkanes of at least 4 members (excludes halogenated alkanes) is 5. The Morgan fingerprint density at radius 2 is 0.920 bits per heavy atom. The Morgan fingerprint density at radius 3 is 1.24 bits per heavy atom. The highest BCUT2D eigenvalue weighted by molar-refractivity contribution is 5.98. The predicted molar refractivity (Wildman–Crippen MR) is 194 cm³/mol. The van der Waals surface area contributed by atoms with Crippen molar-refractivity contribution < 1.29 is 19.2 Å². The van der Waals surface area contributed by atoms with E-state index in [0.717, 1.165) is 61.0 Å². The number of amides is 4. The smallest absolute Gasteiger partial charge is 0.251 e. The maximum atomic E-state index is 12.9. The average Bonchev–Trinajstić information content (AvgIpc) is 3.86. The normalized spacial score (nSPS) is 12.4. The average molecular weight is 683 g/mol. The van der Waals surface area contributed by atoms with Gasteiger partial charge in [-0.05, 0) is 60.1 Å². The Kier molecular flexibility index (Phi) is 14.3. The van der Waals surface area contributed by atoms with Crippen molar-refractivity contribution in [1.82, 2.24) is 41.2 Å². The van der Waals surface area contributed by atoms with Gasteiger partial charge in [-0.15, -0.1) is 0 Å². The van der Waals surface area contributed by atoms with Crippen LogP contribution in [0.2, 0.25) is 0 Å². The molecule has 2 atom stereocenters. The predicted octanol–water partition coefficient (Wildman–Crippen LogP) is 5.25. The molecular weight excluding hydrogens is 632 g/mol. The second kappa shape index (κ2) is 19.1. The van der Waals surface area contributed by atoms with Crippen molar-refractivity contribution in [3.63, 3.8) is 0 Å². The van der Waals surface area contributed by atoms with Crippen LogP contribution in [0, 0.1) is 11.8 Å². The van der Waals surface area contributed by atoms with Gasteiger partial charge in [0.2, 0.25) is 11.8 Å². The molecule has 4 rings (SSSR count). The molecule has 12 heteroatoms. The first-order chi connectivity index (χ1) is 24.1. The number of carbonyl (C=O) groups is 4. The summed E-state index contributed by atoms with van der Waals surface area (Å²) in [4.78, 5) is 65.7. The Bertz CT molecular complexity index is 1510. The fourth-order valence-electron chi connectivity index (χ4n) is 5.55. The highest BCUT2D eigenvalue weighted by atomic mass is 16.2. The van der Waals surface area contributed by atoms with Crippen LogP contribution in [0.4, 0.5) is 0 Å². The summed E-state index contributed by atoms with van der Waals surface area (Å²) < 4.78 is 0. The summed E-state index contributed by atoms with van der Waals surface area (Å²) in [6.07, 6.45) is 12.3. The Labute approximate surface area is 294 Å². The summed E-state index contributed by atoms with van der Waals surface area (Å²) in [6.45, 7) is 8.74. The van der Waals surface area contributed by atoms with Crippen molar-refractivity contribution in [2.24, 2.45) is 11.8 Å². The molecular formula is C38H50N8O4. The first-order valence-electron chi connectivity index (χ1n) is 17.5. The van der Waals surface area contributed by atoms with Gasteiger partial charge in [0.1, 0.15) is 12.1 Å². The van der Waals surface area contributed by atoms with Crippen molar-refractivity contribution in [3.05, 3.63) is 84.7 Å². The van der Waals surface area contributed by atoms with E-state index in [-0.39, 0.29) is 35.5 Å².